The van der Waals surface area contributed by atoms with Crippen molar-refractivity contribution in [2.24, 2.45) is 5.92 Å². The molecule has 0 unspecified atom stereocenters. The number of aliphatic hydroxyl groups is 1. The van der Waals surface area contributed by atoms with Crippen LogP contribution in [0.25, 0.3) is 0 Å². The third-order valence-electron chi connectivity index (χ3n) is 4.65. The second-order valence-electron chi connectivity index (χ2n) is 6.42. The number of anilines is 1. The molecule has 2 aliphatic rings. The first-order valence-corrected chi connectivity index (χ1v) is 8.08. The summed E-state index contributed by atoms with van der Waals surface area (Å²) < 4.78 is 14.3. The molecular weight excluding hydrogens is 317 g/mol. The molecule has 8 heteroatoms. The van der Waals surface area contributed by atoms with Crippen molar-refractivity contribution in [3.05, 3.63) is 39.7 Å². The van der Waals surface area contributed by atoms with E-state index < -0.39 is 16.9 Å². The van der Waals surface area contributed by atoms with Gasteiger partial charge in [0, 0.05) is 31.0 Å². The fourth-order valence-electron chi connectivity index (χ4n) is 3.04. The summed E-state index contributed by atoms with van der Waals surface area (Å²) in [6, 6.07) is 4.00. The van der Waals surface area contributed by atoms with E-state index in [1.54, 1.807) is 12.1 Å². The maximum atomic E-state index is 14.3. The van der Waals surface area contributed by atoms with E-state index >= 15 is 0 Å². The van der Waals surface area contributed by atoms with E-state index in [0.717, 1.165) is 0 Å². The van der Waals surface area contributed by atoms with Crippen LogP contribution in [-0.4, -0.2) is 41.2 Å². The zero-order valence-electron chi connectivity index (χ0n) is 13.2. The molecule has 130 valence electrons. The number of hydrogen-bond acceptors (Lipinski definition) is 5. The first kappa shape index (κ1) is 16.6. The Balaban J connectivity index is 1.55. The number of halogens is 1. The molecule has 1 heterocycles. The third kappa shape index (κ3) is 3.64. The summed E-state index contributed by atoms with van der Waals surface area (Å²) >= 11 is 0. The van der Waals surface area contributed by atoms with Crippen LogP contribution in [0, 0.1) is 21.8 Å². The van der Waals surface area contributed by atoms with Crippen molar-refractivity contribution in [2.45, 2.75) is 38.0 Å². The van der Waals surface area contributed by atoms with Crippen LogP contribution in [0.5, 0.6) is 0 Å². The second kappa shape index (κ2) is 6.72. The lowest BCUT2D eigenvalue weighted by molar-refractivity contribution is -0.497. The molecule has 1 aromatic rings. The van der Waals surface area contributed by atoms with Crippen LogP contribution in [0.15, 0.2) is 18.2 Å². The van der Waals surface area contributed by atoms with Gasteiger partial charge in [-0.05, 0) is 30.5 Å². The topological polar surface area (TPSA) is 95.7 Å². The highest BCUT2D eigenvalue weighted by Crippen LogP contribution is 2.33. The fourth-order valence-corrected chi connectivity index (χ4v) is 3.04. The van der Waals surface area contributed by atoms with E-state index in [2.05, 4.69) is 5.32 Å². The number of hydrogen-bond donors (Lipinski definition) is 2. The molecule has 1 amide bonds. The molecule has 1 aromatic carbocycles. The Bertz CT molecular complexity index is 646. The summed E-state index contributed by atoms with van der Waals surface area (Å²) in [7, 11) is 0. The SMILES string of the molecule is O=C(NCc1ccc(N2CCC(O)CC2)c(F)c1)[C@@H]1C[C@@H]1[N+](=O)[O-]. The van der Waals surface area contributed by atoms with Crippen LogP contribution < -0.4 is 10.2 Å². The lowest BCUT2D eigenvalue weighted by Gasteiger charge is -2.31. The zero-order chi connectivity index (χ0) is 17.3. The largest absolute Gasteiger partial charge is 0.393 e. The normalized spacial score (nSPS) is 23.8. The highest BCUT2D eigenvalue weighted by atomic mass is 19.1. The van der Waals surface area contributed by atoms with Crippen molar-refractivity contribution in [1.82, 2.24) is 5.32 Å². The van der Waals surface area contributed by atoms with Crippen LogP contribution in [0.1, 0.15) is 24.8 Å². The number of carbonyl (C=O) groups excluding carboxylic acids is 1. The Morgan fingerprint density at radius 2 is 2.12 bits per heavy atom. The lowest BCUT2D eigenvalue weighted by atomic mass is 10.1. The van der Waals surface area contributed by atoms with Crippen LogP contribution in [0.2, 0.25) is 0 Å². The van der Waals surface area contributed by atoms with E-state index in [1.807, 2.05) is 4.90 Å². The molecular formula is C16H20FN3O4. The monoisotopic (exact) mass is 337 g/mol. The highest BCUT2D eigenvalue weighted by molar-refractivity contribution is 5.81. The average molecular weight is 337 g/mol. The van der Waals surface area contributed by atoms with Crippen molar-refractivity contribution in [3.63, 3.8) is 0 Å². The summed E-state index contributed by atoms with van der Waals surface area (Å²) in [5.74, 6) is -1.29. The summed E-state index contributed by atoms with van der Waals surface area (Å²) in [6.45, 7) is 1.37. The molecule has 0 radical (unpaired) electrons. The molecule has 1 saturated heterocycles. The second-order valence-corrected chi connectivity index (χ2v) is 6.42. The molecule has 2 atom stereocenters. The van der Waals surface area contributed by atoms with Crippen LogP contribution >= 0.6 is 0 Å². The number of carbonyl (C=O) groups is 1. The number of aliphatic hydroxyl groups excluding tert-OH is 1. The van der Waals surface area contributed by atoms with Crippen molar-refractivity contribution >= 4 is 11.6 Å². The quantitative estimate of drug-likeness (QED) is 0.619. The van der Waals surface area contributed by atoms with Crippen molar-refractivity contribution in [2.75, 3.05) is 18.0 Å². The maximum absolute atomic E-state index is 14.3. The molecule has 7 nitrogen and oxygen atoms in total. The van der Waals surface area contributed by atoms with Crippen molar-refractivity contribution < 1.29 is 19.2 Å². The molecule has 0 aromatic heterocycles. The Hall–Kier alpha value is -2.22. The summed E-state index contributed by atoms with van der Waals surface area (Å²) in [4.78, 5) is 23.8. The van der Waals surface area contributed by atoms with Gasteiger partial charge in [-0.15, -0.1) is 0 Å². The first-order valence-electron chi connectivity index (χ1n) is 8.08. The predicted octanol–water partition coefficient (Wildman–Crippen LogP) is 1.07. The maximum Gasteiger partial charge on any atom is 0.230 e. The molecule has 2 fully saturated rings. The number of amides is 1. The van der Waals surface area contributed by atoms with Gasteiger partial charge in [-0.1, -0.05) is 6.07 Å². The van der Waals surface area contributed by atoms with Gasteiger partial charge in [-0.2, -0.15) is 0 Å². The van der Waals surface area contributed by atoms with Crippen molar-refractivity contribution in [3.8, 4) is 0 Å². The standard InChI is InChI=1S/C16H20FN3O4/c17-13-7-10(9-18-16(22)12-8-15(12)20(23)24)1-2-14(13)19-5-3-11(21)4-6-19/h1-2,7,11-12,15,21H,3-6,8-9H2,(H,18,22)/t12-,15+/m1/s1. The highest BCUT2D eigenvalue weighted by Gasteiger charge is 2.53. The van der Waals surface area contributed by atoms with Gasteiger partial charge >= 0.3 is 0 Å². The molecule has 1 saturated carbocycles. The summed E-state index contributed by atoms with van der Waals surface area (Å²) in [5.41, 5.74) is 1.10. The molecule has 24 heavy (non-hydrogen) atoms. The summed E-state index contributed by atoms with van der Waals surface area (Å²) in [5, 5.41) is 22.7. The molecule has 0 bridgehead atoms. The number of rotatable bonds is 5. The fraction of sp³-hybridized carbons (Fsp3) is 0.562. The van der Waals surface area contributed by atoms with Crippen molar-refractivity contribution in [1.29, 1.82) is 0 Å². The van der Waals surface area contributed by atoms with E-state index in [1.165, 1.54) is 6.07 Å². The van der Waals surface area contributed by atoms with Crippen LogP contribution in [-0.2, 0) is 11.3 Å². The van der Waals surface area contributed by atoms with Gasteiger partial charge in [-0.3, -0.25) is 14.9 Å². The van der Waals surface area contributed by atoms with E-state index in [9.17, 15) is 24.4 Å². The van der Waals surface area contributed by atoms with Gasteiger partial charge in [0.25, 0.3) is 0 Å². The number of piperidine rings is 1. The number of nitrogens with one attached hydrogen (secondary N) is 1. The molecule has 2 N–H and O–H groups in total. The first-order chi connectivity index (χ1) is 11.5. The Morgan fingerprint density at radius 1 is 1.42 bits per heavy atom. The minimum atomic E-state index is -0.779. The smallest absolute Gasteiger partial charge is 0.230 e. The lowest BCUT2D eigenvalue weighted by Crippen LogP contribution is -2.36. The van der Waals surface area contributed by atoms with E-state index in [4.69, 9.17) is 0 Å². The number of nitro groups is 1. The van der Waals surface area contributed by atoms with Crippen LogP contribution in [0.3, 0.4) is 0 Å². The van der Waals surface area contributed by atoms with Gasteiger partial charge in [0.1, 0.15) is 11.7 Å². The van der Waals surface area contributed by atoms with E-state index in [-0.39, 0.29) is 30.8 Å². The Labute approximate surface area is 138 Å². The number of benzene rings is 1. The van der Waals surface area contributed by atoms with Gasteiger partial charge in [0.2, 0.25) is 11.9 Å². The van der Waals surface area contributed by atoms with Gasteiger partial charge in [-0.25, -0.2) is 4.39 Å². The zero-order valence-corrected chi connectivity index (χ0v) is 13.2. The average Bonchev–Trinajstić information content (AvgIpc) is 3.35. The van der Waals surface area contributed by atoms with E-state index in [0.29, 0.717) is 37.2 Å². The summed E-state index contributed by atoms with van der Waals surface area (Å²) in [6.07, 6.45) is 1.20. The number of nitrogens with zero attached hydrogens (tertiary/aromatic N) is 2. The van der Waals surface area contributed by atoms with Gasteiger partial charge < -0.3 is 15.3 Å². The van der Waals surface area contributed by atoms with Crippen LogP contribution in [0.4, 0.5) is 10.1 Å². The Kier molecular flexibility index (Phi) is 4.66. The van der Waals surface area contributed by atoms with Gasteiger partial charge in [0.05, 0.1) is 11.8 Å². The molecule has 1 aliphatic carbocycles. The molecule has 3 rings (SSSR count). The molecule has 1 aliphatic heterocycles. The minimum Gasteiger partial charge on any atom is -0.393 e. The third-order valence-corrected chi connectivity index (χ3v) is 4.65. The molecule has 0 spiro atoms. The minimum absolute atomic E-state index is 0.148. The van der Waals surface area contributed by atoms with Gasteiger partial charge in [0.15, 0.2) is 0 Å². The predicted molar refractivity (Wildman–Crippen MR) is 84.6 cm³/mol. The Morgan fingerprint density at radius 3 is 2.71 bits per heavy atom.